The summed E-state index contributed by atoms with van der Waals surface area (Å²) in [5.74, 6) is 1.24. The highest BCUT2D eigenvalue weighted by atomic mass is 79.9. The second kappa shape index (κ2) is 7.29. The number of methoxy groups -OCH3 is 3. The van der Waals surface area contributed by atoms with Gasteiger partial charge >= 0.3 is 0 Å². The largest absolute Gasteiger partial charge is 0.493 e. The Balaban J connectivity index is 2.90. The molecular weight excluding hydrogens is 324 g/mol. The molecule has 0 aromatic heterocycles. The van der Waals surface area contributed by atoms with Gasteiger partial charge in [0.1, 0.15) is 0 Å². The summed E-state index contributed by atoms with van der Waals surface area (Å²) in [6, 6.07) is 3.60. The van der Waals surface area contributed by atoms with Gasteiger partial charge in [0.05, 0.1) is 25.9 Å². The summed E-state index contributed by atoms with van der Waals surface area (Å²) in [5, 5.41) is 10.4. The van der Waals surface area contributed by atoms with E-state index in [1.807, 2.05) is 13.8 Å². The summed E-state index contributed by atoms with van der Waals surface area (Å²) in [6.45, 7) is 4.01. The van der Waals surface area contributed by atoms with E-state index in [-0.39, 0.29) is 5.60 Å². The van der Waals surface area contributed by atoms with Crippen LogP contribution in [0.25, 0.3) is 0 Å². The lowest BCUT2D eigenvalue weighted by molar-refractivity contribution is 0.00271. The number of ether oxygens (including phenoxy) is 3. The van der Waals surface area contributed by atoms with E-state index in [2.05, 4.69) is 15.9 Å². The zero-order valence-electron chi connectivity index (χ0n) is 12.7. The number of benzene rings is 1. The molecule has 0 bridgehead atoms. The highest BCUT2D eigenvalue weighted by Gasteiger charge is 2.21. The molecule has 5 heteroatoms. The minimum absolute atomic E-state index is 0.246. The van der Waals surface area contributed by atoms with Gasteiger partial charge < -0.3 is 19.3 Å². The first-order chi connectivity index (χ1) is 9.34. The van der Waals surface area contributed by atoms with Gasteiger partial charge in [-0.25, -0.2) is 0 Å². The second-order valence-electron chi connectivity index (χ2n) is 5.25. The van der Waals surface area contributed by atoms with Crippen molar-refractivity contribution in [3.8, 4) is 11.5 Å². The Labute approximate surface area is 129 Å². The lowest BCUT2D eigenvalue weighted by Crippen LogP contribution is -2.23. The molecule has 1 N–H and O–H groups in total. The van der Waals surface area contributed by atoms with E-state index in [0.29, 0.717) is 17.9 Å². The summed E-state index contributed by atoms with van der Waals surface area (Å²) in [4.78, 5) is 0. The van der Waals surface area contributed by atoms with Crippen LogP contribution in [0, 0.1) is 0 Å². The SMILES string of the molecule is COc1cc(Br)c(C(O)CCC(C)(C)OC)cc1OC. The summed E-state index contributed by atoms with van der Waals surface area (Å²) in [5.41, 5.74) is 0.541. The van der Waals surface area contributed by atoms with E-state index >= 15 is 0 Å². The molecule has 0 saturated heterocycles. The van der Waals surface area contributed by atoms with Gasteiger partial charge in [-0.1, -0.05) is 15.9 Å². The number of halogens is 1. The number of aliphatic hydroxyl groups is 1. The van der Waals surface area contributed by atoms with Crippen molar-refractivity contribution in [2.24, 2.45) is 0 Å². The second-order valence-corrected chi connectivity index (χ2v) is 6.10. The van der Waals surface area contributed by atoms with Gasteiger partial charge in [-0.2, -0.15) is 0 Å². The molecule has 0 heterocycles. The molecule has 1 unspecified atom stereocenters. The molecule has 0 aliphatic carbocycles. The lowest BCUT2D eigenvalue weighted by Gasteiger charge is -2.24. The normalized spacial score (nSPS) is 13.2. The lowest BCUT2D eigenvalue weighted by atomic mass is 9.96. The number of rotatable bonds is 7. The number of hydrogen-bond donors (Lipinski definition) is 1. The first kappa shape index (κ1) is 17.3. The van der Waals surface area contributed by atoms with Crippen LogP contribution >= 0.6 is 15.9 Å². The van der Waals surface area contributed by atoms with Gasteiger partial charge in [-0.15, -0.1) is 0 Å². The molecule has 114 valence electrons. The van der Waals surface area contributed by atoms with Gasteiger partial charge in [-0.05, 0) is 44.4 Å². The van der Waals surface area contributed by atoms with Crippen molar-refractivity contribution < 1.29 is 19.3 Å². The molecule has 0 amide bonds. The molecule has 0 fully saturated rings. The summed E-state index contributed by atoms with van der Waals surface area (Å²) in [7, 11) is 4.84. The van der Waals surface area contributed by atoms with Crippen LogP contribution in [0.1, 0.15) is 38.4 Å². The topological polar surface area (TPSA) is 47.9 Å². The van der Waals surface area contributed by atoms with E-state index in [4.69, 9.17) is 14.2 Å². The van der Waals surface area contributed by atoms with E-state index in [0.717, 1.165) is 16.5 Å². The predicted molar refractivity (Wildman–Crippen MR) is 82.5 cm³/mol. The van der Waals surface area contributed by atoms with Gasteiger partial charge in [-0.3, -0.25) is 0 Å². The van der Waals surface area contributed by atoms with Crippen molar-refractivity contribution in [2.75, 3.05) is 21.3 Å². The van der Waals surface area contributed by atoms with Crippen LogP contribution < -0.4 is 9.47 Å². The van der Waals surface area contributed by atoms with Gasteiger partial charge in [0.25, 0.3) is 0 Å². The van der Waals surface area contributed by atoms with Crippen molar-refractivity contribution in [1.82, 2.24) is 0 Å². The Morgan fingerprint density at radius 1 is 1.15 bits per heavy atom. The van der Waals surface area contributed by atoms with E-state index in [1.54, 1.807) is 33.5 Å². The van der Waals surface area contributed by atoms with Crippen molar-refractivity contribution in [3.05, 3.63) is 22.2 Å². The smallest absolute Gasteiger partial charge is 0.161 e. The Kier molecular flexibility index (Phi) is 6.30. The molecule has 0 saturated carbocycles. The average molecular weight is 347 g/mol. The monoisotopic (exact) mass is 346 g/mol. The maximum atomic E-state index is 10.4. The molecule has 0 radical (unpaired) electrons. The summed E-state index contributed by atoms with van der Waals surface area (Å²) >= 11 is 3.46. The highest BCUT2D eigenvalue weighted by Crippen LogP contribution is 2.37. The minimum Gasteiger partial charge on any atom is -0.493 e. The fourth-order valence-corrected chi connectivity index (χ4v) is 2.45. The highest BCUT2D eigenvalue weighted by molar-refractivity contribution is 9.10. The number of hydrogen-bond acceptors (Lipinski definition) is 4. The third-order valence-electron chi connectivity index (χ3n) is 3.43. The standard InChI is InChI=1S/C15H23BrO4/c1-15(2,20-5)7-6-12(17)10-8-13(18-3)14(19-4)9-11(10)16/h8-9,12,17H,6-7H2,1-5H3. The fraction of sp³-hybridized carbons (Fsp3) is 0.600. The Morgan fingerprint density at radius 3 is 2.20 bits per heavy atom. The van der Waals surface area contributed by atoms with Crippen LogP contribution in [0.4, 0.5) is 0 Å². The number of aliphatic hydroxyl groups excluding tert-OH is 1. The molecule has 1 aromatic rings. The Hall–Kier alpha value is -0.780. The van der Waals surface area contributed by atoms with Gasteiger partial charge in [0.15, 0.2) is 11.5 Å². The van der Waals surface area contributed by atoms with Crippen molar-refractivity contribution in [3.63, 3.8) is 0 Å². The molecule has 1 atom stereocenters. The fourth-order valence-electron chi connectivity index (χ4n) is 1.87. The van der Waals surface area contributed by atoms with Crippen LogP contribution in [-0.2, 0) is 4.74 Å². The first-order valence-corrected chi connectivity index (χ1v) is 7.28. The first-order valence-electron chi connectivity index (χ1n) is 6.49. The van der Waals surface area contributed by atoms with Crippen LogP contribution in [0.5, 0.6) is 11.5 Å². The quantitative estimate of drug-likeness (QED) is 0.817. The molecule has 1 aromatic carbocycles. The van der Waals surface area contributed by atoms with Crippen molar-refractivity contribution in [2.45, 2.75) is 38.4 Å². The van der Waals surface area contributed by atoms with Crippen LogP contribution in [0.15, 0.2) is 16.6 Å². The summed E-state index contributed by atoms with van der Waals surface area (Å²) in [6.07, 6.45) is 0.777. The van der Waals surface area contributed by atoms with E-state index in [1.165, 1.54) is 0 Å². The maximum absolute atomic E-state index is 10.4. The van der Waals surface area contributed by atoms with Crippen molar-refractivity contribution in [1.29, 1.82) is 0 Å². The van der Waals surface area contributed by atoms with Gasteiger partial charge in [0, 0.05) is 11.6 Å². The molecule has 0 aliphatic heterocycles. The zero-order chi connectivity index (χ0) is 15.3. The minimum atomic E-state index is -0.585. The van der Waals surface area contributed by atoms with E-state index < -0.39 is 6.10 Å². The zero-order valence-corrected chi connectivity index (χ0v) is 14.3. The van der Waals surface area contributed by atoms with Crippen LogP contribution in [-0.4, -0.2) is 32.0 Å². The van der Waals surface area contributed by atoms with Crippen molar-refractivity contribution >= 4 is 15.9 Å². The Bertz CT molecular complexity index is 446. The predicted octanol–water partition coefficient (Wildman–Crippen LogP) is 3.70. The third kappa shape index (κ3) is 4.36. The summed E-state index contributed by atoms with van der Waals surface area (Å²) < 4.78 is 16.7. The Morgan fingerprint density at radius 2 is 1.70 bits per heavy atom. The molecule has 20 heavy (non-hydrogen) atoms. The van der Waals surface area contributed by atoms with E-state index in [9.17, 15) is 5.11 Å². The van der Waals surface area contributed by atoms with Crippen LogP contribution in [0.3, 0.4) is 0 Å². The molecule has 0 aliphatic rings. The molecule has 0 spiro atoms. The van der Waals surface area contributed by atoms with Gasteiger partial charge in [0.2, 0.25) is 0 Å². The molecule has 1 rings (SSSR count). The molecule has 4 nitrogen and oxygen atoms in total. The third-order valence-corrected chi connectivity index (χ3v) is 4.12. The average Bonchev–Trinajstić information content (AvgIpc) is 2.44. The maximum Gasteiger partial charge on any atom is 0.161 e. The molecular formula is C15H23BrO4. The van der Waals surface area contributed by atoms with Crippen LogP contribution in [0.2, 0.25) is 0 Å².